The number of hydrogen-bond acceptors (Lipinski definition) is 1. The normalized spacial score (nSPS) is 12.7. The molecule has 308 valence electrons. The predicted molar refractivity (Wildman–Crippen MR) is 275 cm³/mol. The topological polar surface area (TPSA) is 17.8 Å². The molecular weight excluding hydrogens is 797 g/mol. The van der Waals surface area contributed by atoms with Crippen molar-refractivity contribution in [3.8, 4) is 61.6 Å². The number of benzene rings is 10. The summed E-state index contributed by atoms with van der Waals surface area (Å²) < 4.78 is 2.37. The van der Waals surface area contributed by atoms with E-state index in [9.17, 15) is 0 Å². The zero-order valence-corrected chi connectivity index (χ0v) is 36.1. The lowest BCUT2D eigenvalue weighted by atomic mass is 9.66. The number of aromatic nitrogens is 2. The molecule has 0 aliphatic heterocycles. The summed E-state index contributed by atoms with van der Waals surface area (Å²) in [5.41, 5.74) is 19.4. The number of rotatable bonds is 7. The molecule has 0 bridgehead atoms. The maximum absolute atomic E-state index is 5.35. The summed E-state index contributed by atoms with van der Waals surface area (Å²) in [4.78, 5) is 5.35. The number of hydrogen-bond donors (Lipinski definition) is 0. The fraction of sp³-hybridized carbons (Fsp3) is 0.0156. The molecule has 2 heteroatoms. The molecule has 10 aromatic carbocycles. The van der Waals surface area contributed by atoms with Gasteiger partial charge in [-0.15, -0.1) is 0 Å². The van der Waals surface area contributed by atoms with E-state index in [1.807, 2.05) is 0 Å². The van der Waals surface area contributed by atoms with Gasteiger partial charge in [-0.05, 0) is 115 Å². The van der Waals surface area contributed by atoms with Gasteiger partial charge in [0.15, 0.2) is 0 Å². The first-order chi connectivity index (χ1) is 32.7. The molecule has 12 aromatic rings. The van der Waals surface area contributed by atoms with Crippen molar-refractivity contribution in [1.29, 1.82) is 0 Å². The Bertz CT molecular complexity index is 3700. The van der Waals surface area contributed by atoms with Gasteiger partial charge in [0.05, 0.1) is 27.8 Å². The minimum Gasteiger partial charge on any atom is -0.309 e. The second kappa shape index (κ2) is 15.3. The smallest absolute Gasteiger partial charge is 0.0719 e. The zero-order chi connectivity index (χ0) is 43.6. The van der Waals surface area contributed by atoms with E-state index in [2.05, 4.69) is 259 Å². The van der Waals surface area contributed by atoms with Crippen molar-refractivity contribution >= 4 is 32.6 Å². The van der Waals surface area contributed by atoms with Gasteiger partial charge < -0.3 is 4.57 Å². The third-order valence-corrected chi connectivity index (χ3v) is 13.8. The zero-order valence-electron chi connectivity index (χ0n) is 36.1. The van der Waals surface area contributed by atoms with E-state index in [-0.39, 0.29) is 0 Å². The molecule has 0 atom stereocenters. The van der Waals surface area contributed by atoms with Crippen LogP contribution in [0.4, 0.5) is 0 Å². The van der Waals surface area contributed by atoms with Gasteiger partial charge in [0.2, 0.25) is 0 Å². The van der Waals surface area contributed by atoms with E-state index < -0.39 is 5.41 Å². The van der Waals surface area contributed by atoms with Gasteiger partial charge in [-0.1, -0.05) is 206 Å². The second-order valence-electron chi connectivity index (χ2n) is 17.4. The average molecular weight is 839 g/mol. The predicted octanol–water partition coefficient (Wildman–Crippen LogP) is 16.4. The van der Waals surface area contributed by atoms with Crippen LogP contribution in [0.25, 0.3) is 94.2 Å². The molecule has 0 spiro atoms. The highest BCUT2D eigenvalue weighted by Gasteiger charge is 2.48. The molecule has 2 aromatic heterocycles. The van der Waals surface area contributed by atoms with Crippen molar-refractivity contribution in [1.82, 2.24) is 9.55 Å². The minimum atomic E-state index is -0.524. The first-order valence-electron chi connectivity index (χ1n) is 22.8. The fourth-order valence-corrected chi connectivity index (χ4v) is 11.0. The first-order valence-corrected chi connectivity index (χ1v) is 22.8. The fourth-order valence-electron chi connectivity index (χ4n) is 11.0. The Morgan fingerprint density at radius 1 is 0.333 bits per heavy atom. The molecule has 1 aliphatic carbocycles. The van der Waals surface area contributed by atoms with Crippen molar-refractivity contribution in [2.75, 3.05) is 0 Å². The monoisotopic (exact) mass is 838 g/mol. The van der Waals surface area contributed by atoms with Crippen LogP contribution in [0.5, 0.6) is 0 Å². The second-order valence-corrected chi connectivity index (χ2v) is 17.4. The maximum Gasteiger partial charge on any atom is 0.0719 e. The van der Waals surface area contributed by atoms with Crippen LogP contribution in [0, 0.1) is 0 Å². The van der Waals surface area contributed by atoms with E-state index in [4.69, 9.17) is 4.98 Å². The summed E-state index contributed by atoms with van der Waals surface area (Å²) in [6, 6.07) is 93.1. The van der Waals surface area contributed by atoms with E-state index >= 15 is 0 Å². The molecule has 0 fully saturated rings. The highest BCUT2D eigenvalue weighted by Crippen LogP contribution is 2.60. The van der Waals surface area contributed by atoms with Gasteiger partial charge in [0.25, 0.3) is 0 Å². The molecule has 0 unspecified atom stereocenters. The van der Waals surface area contributed by atoms with Crippen molar-refractivity contribution in [2.24, 2.45) is 0 Å². The number of pyridine rings is 1. The van der Waals surface area contributed by atoms with E-state index in [1.54, 1.807) is 0 Å². The molecule has 2 heterocycles. The summed E-state index contributed by atoms with van der Waals surface area (Å²) in [6.07, 6.45) is 0. The lowest BCUT2D eigenvalue weighted by molar-refractivity contribution is 0.775. The Labute approximate surface area is 384 Å². The molecule has 0 radical (unpaired) electrons. The Morgan fingerprint density at radius 2 is 0.848 bits per heavy atom. The molecule has 1 aliphatic rings. The molecule has 0 saturated carbocycles. The molecule has 0 N–H and O–H groups in total. The van der Waals surface area contributed by atoms with Crippen LogP contribution in [0.3, 0.4) is 0 Å². The molecule has 13 rings (SSSR count). The van der Waals surface area contributed by atoms with E-state index in [0.29, 0.717) is 0 Å². The summed E-state index contributed by atoms with van der Waals surface area (Å²) in [5, 5.41) is 5.01. The van der Waals surface area contributed by atoms with Crippen LogP contribution in [-0.4, -0.2) is 9.55 Å². The van der Waals surface area contributed by atoms with Crippen LogP contribution < -0.4 is 0 Å². The maximum atomic E-state index is 5.35. The molecule has 0 saturated heterocycles. The summed E-state index contributed by atoms with van der Waals surface area (Å²) in [7, 11) is 0. The molecule has 0 amide bonds. The van der Waals surface area contributed by atoms with Crippen molar-refractivity contribution in [2.45, 2.75) is 5.41 Å². The molecule has 2 nitrogen and oxygen atoms in total. The number of fused-ring (bicyclic) bond motifs is 8. The Hall–Kier alpha value is -8.59. The van der Waals surface area contributed by atoms with E-state index in [1.165, 1.54) is 77.1 Å². The van der Waals surface area contributed by atoms with Gasteiger partial charge >= 0.3 is 0 Å². The highest BCUT2D eigenvalue weighted by atomic mass is 15.0. The largest absolute Gasteiger partial charge is 0.309 e. The SMILES string of the molecule is c1ccc(-c2cc(-c3cccc(-c4cc5ccccc5c5c4-c4ccccc4C5(c4ccccc4)c4ccccc4)c3)cc(-c3ccc(-n4c5ccccc5c5ccccc54)cc3)n2)cc1. The number of nitrogens with zero attached hydrogens (tertiary/aromatic N) is 2. The summed E-state index contributed by atoms with van der Waals surface area (Å²) in [6.45, 7) is 0. The van der Waals surface area contributed by atoms with Gasteiger partial charge in [0.1, 0.15) is 0 Å². The lowest BCUT2D eigenvalue weighted by Gasteiger charge is -2.35. The van der Waals surface area contributed by atoms with Crippen LogP contribution >= 0.6 is 0 Å². The Balaban J connectivity index is 0.994. The minimum absolute atomic E-state index is 0.524. The van der Waals surface area contributed by atoms with Crippen LogP contribution in [0.2, 0.25) is 0 Å². The van der Waals surface area contributed by atoms with Crippen LogP contribution in [0.15, 0.2) is 255 Å². The van der Waals surface area contributed by atoms with Crippen molar-refractivity contribution in [3.05, 3.63) is 277 Å². The van der Waals surface area contributed by atoms with Gasteiger partial charge in [-0.3, -0.25) is 0 Å². The summed E-state index contributed by atoms with van der Waals surface area (Å²) in [5.74, 6) is 0. The number of para-hydroxylation sites is 2. The van der Waals surface area contributed by atoms with Gasteiger partial charge in [-0.2, -0.15) is 0 Å². The first kappa shape index (κ1) is 37.9. The lowest BCUT2D eigenvalue weighted by Crippen LogP contribution is -2.28. The average Bonchev–Trinajstić information content (AvgIpc) is 3.91. The quantitative estimate of drug-likeness (QED) is 0.156. The third kappa shape index (κ3) is 5.85. The van der Waals surface area contributed by atoms with Gasteiger partial charge in [-0.25, -0.2) is 4.98 Å². The van der Waals surface area contributed by atoms with Crippen molar-refractivity contribution < 1.29 is 0 Å². The molecule has 66 heavy (non-hydrogen) atoms. The van der Waals surface area contributed by atoms with Crippen LogP contribution in [0.1, 0.15) is 22.3 Å². The highest BCUT2D eigenvalue weighted by molar-refractivity contribution is 6.09. The standard InChI is InChI=1S/C64H42N2/c1-4-19-43(20-5-1)58-41-48(42-59(65-58)44-35-37-51(38-36-44)66-60-33-16-13-29-53(60)54-30-14-17-34-61(54)66)45-22-18-23-46(39-45)56-40-47-21-10-11-28-52(47)63-62(56)55-31-12-15-32-57(55)64(63,49-24-6-2-7-25-49)50-26-8-3-9-27-50/h1-42H. The molecular formula is C64H42N2. The van der Waals surface area contributed by atoms with Gasteiger partial charge in [0, 0.05) is 27.6 Å². The van der Waals surface area contributed by atoms with E-state index in [0.717, 1.165) is 39.3 Å². The Morgan fingerprint density at radius 3 is 1.52 bits per heavy atom. The van der Waals surface area contributed by atoms with Crippen LogP contribution in [-0.2, 0) is 5.41 Å². The third-order valence-electron chi connectivity index (χ3n) is 13.8. The van der Waals surface area contributed by atoms with Crippen molar-refractivity contribution in [3.63, 3.8) is 0 Å². The Kier molecular flexibility index (Phi) is 8.79. The summed E-state index contributed by atoms with van der Waals surface area (Å²) >= 11 is 0.